The van der Waals surface area contributed by atoms with Gasteiger partial charge < -0.3 is 5.11 Å². The zero-order chi connectivity index (χ0) is 15.2. The molecular weight excluding hydrogens is 262 g/mol. The van der Waals surface area contributed by atoms with Gasteiger partial charge in [-0.15, -0.1) is 0 Å². The molecule has 1 heterocycles. The Kier molecular flexibility index (Phi) is 5.34. The second-order valence-electron chi connectivity index (χ2n) is 5.46. The van der Waals surface area contributed by atoms with Crippen molar-refractivity contribution in [3.8, 4) is 0 Å². The van der Waals surface area contributed by atoms with E-state index in [0.29, 0.717) is 5.57 Å². The van der Waals surface area contributed by atoms with E-state index < -0.39 is 5.97 Å². The van der Waals surface area contributed by atoms with Crippen molar-refractivity contribution in [2.45, 2.75) is 39.3 Å². The standard InChI is InChI=1S/C18H23NO2/c1-3-15-10-7-11-19(13-16-8-5-4-6-9-16)14(2)17(12-15)18(20)21/h4-6,8-10,12,14H,3,7,11,13H2,1-2H3,(H,20,21)/b15-10-,17-12+. The van der Waals surface area contributed by atoms with Crippen LogP contribution >= 0.6 is 0 Å². The first kappa shape index (κ1) is 15.5. The van der Waals surface area contributed by atoms with Crippen LogP contribution in [-0.4, -0.2) is 28.6 Å². The molecule has 3 heteroatoms. The van der Waals surface area contributed by atoms with Gasteiger partial charge in [0.1, 0.15) is 0 Å². The lowest BCUT2D eigenvalue weighted by atomic mass is 9.98. The van der Waals surface area contributed by atoms with E-state index in [9.17, 15) is 9.90 Å². The van der Waals surface area contributed by atoms with E-state index in [1.54, 1.807) is 0 Å². The topological polar surface area (TPSA) is 40.5 Å². The fraction of sp³-hybridized carbons (Fsp3) is 0.389. The van der Waals surface area contributed by atoms with E-state index in [1.807, 2.05) is 31.2 Å². The molecule has 0 aromatic heterocycles. The Morgan fingerprint density at radius 3 is 2.67 bits per heavy atom. The van der Waals surface area contributed by atoms with Gasteiger partial charge in [0, 0.05) is 19.1 Å². The molecule has 1 aromatic carbocycles. The lowest BCUT2D eigenvalue weighted by Gasteiger charge is -2.31. The van der Waals surface area contributed by atoms with E-state index in [-0.39, 0.29) is 6.04 Å². The van der Waals surface area contributed by atoms with Crippen molar-refractivity contribution in [1.82, 2.24) is 4.90 Å². The first-order valence-corrected chi connectivity index (χ1v) is 7.53. The zero-order valence-corrected chi connectivity index (χ0v) is 12.7. The molecule has 0 bridgehead atoms. The van der Waals surface area contributed by atoms with Crippen molar-refractivity contribution in [3.63, 3.8) is 0 Å². The van der Waals surface area contributed by atoms with Gasteiger partial charge in [-0.3, -0.25) is 4.90 Å². The molecular formula is C18H23NO2. The monoisotopic (exact) mass is 285 g/mol. The van der Waals surface area contributed by atoms with Gasteiger partial charge in [-0.2, -0.15) is 0 Å². The summed E-state index contributed by atoms with van der Waals surface area (Å²) in [5.41, 5.74) is 2.83. The number of rotatable bonds is 4. The maximum absolute atomic E-state index is 11.6. The zero-order valence-electron chi connectivity index (χ0n) is 12.7. The Morgan fingerprint density at radius 2 is 2.05 bits per heavy atom. The third-order valence-corrected chi connectivity index (χ3v) is 4.05. The van der Waals surface area contributed by atoms with E-state index in [1.165, 1.54) is 5.56 Å². The largest absolute Gasteiger partial charge is 0.478 e. The van der Waals surface area contributed by atoms with Crippen LogP contribution in [0.1, 0.15) is 32.3 Å². The number of hydrogen-bond donors (Lipinski definition) is 1. The first-order chi connectivity index (χ1) is 10.1. The fourth-order valence-corrected chi connectivity index (χ4v) is 2.71. The molecule has 1 aliphatic rings. The normalized spacial score (nSPS) is 25.1. The molecule has 0 spiro atoms. The second kappa shape index (κ2) is 7.23. The lowest BCUT2D eigenvalue weighted by Crippen LogP contribution is -2.37. The average molecular weight is 285 g/mol. The Bertz CT molecular complexity index is 546. The molecule has 0 amide bonds. The van der Waals surface area contributed by atoms with Gasteiger partial charge in [-0.1, -0.05) is 48.9 Å². The first-order valence-electron chi connectivity index (χ1n) is 7.53. The summed E-state index contributed by atoms with van der Waals surface area (Å²) in [6.07, 6.45) is 5.85. The Labute approximate surface area is 126 Å². The van der Waals surface area contributed by atoms with Gasteiger partial charge in [0.05, 0.1) is 5.57 Å². The summed E-state index contributed by atoms with van der Waals surface area (Å²) in [5, 5.41) is 9.50. The number of carboxylic acid groups (broad SMARTS) is 1. The van der Waals surface area contributed by atoms with Crippen molar-refractivity contribution < 1.29 is 9.90 Å². The molecule has 112 valence electrons. The molecule has 21 heavy (non-hydrogen) atoms. The Hall–Kier alpha value is -1.87. The number of benzene rings is 1. The number of carboxylic acids is 1. The quantitative estimate of drug-likeness (QED) is 0.918. The number of carbonyl (C=O) groups is 1. The van der Waals surface area contributed by atoms with Crippen molar-refractivity contribution in [3.05, 3.63) is 59.2 Å². The highest BCUT2D eigenvalue weighted by molar-refractivity contribution is 5.88. The van der Waals surface area contributed by atoms with Gasteiger partial charge in [-0.05, 0) is 31.4 Å². The highest BCUT2D eigenvalue weighted by Gasteiger charge is 2.24. The minimum absolute atomic E-state index is 0.0852. The van der Waals surface area contributed by atoms with Gasteiger partial charge in [0.15, 0.2) is 0 Å². The minimum Gasteiger partial charge on any atom is -0.478 e. The third-order valence-electron chi connectivity index (χ3n) is 4.05. The van der Waals surface area contributed by atoms with E-state index in [0.717, 1.165) is 31.5 Å². The van der Waals surface area contributed by atoms with Crippen molar-refractivity contribution in [2.24, 2.45) is 0 Å². The molecule has 1 aromatic rings. The second-order valence-corrected chi connectivity index (χ2v) is 5.46. The van der Waals surface area contributed by atoms with Crippen LogP contribution in [0, 0.1) is 0 Å². The van der Waals surface area contributed by atoms with Crippen molar-refractivity contribution in [2.75, 3.05) is 6.54 Å². The molecule has 1 unspecified atom stereocenters. The van der Waals surface area contributed by atoms with Crippen LogP contribution in [-0.2, 0) is 11.3 Å². The van der Waals surface area contributed by atoms with Gasteiger partial charge >= 0.3 is 5.97 Å². The smallest absolute Gasteiger partial charge is 0.333 e. The number of allylic oxidation sites excluding steroid dienone is 2. The van der Waals surface area contributed by atoms with E-state index in [2.05, 4.69) is 30.0 Å². The predicted octanol–water partition coefficient (Wildman–Crippen LogP) is 3.63. The molecule has 0 saturated carbocycles. The molecule has 1 N–H and O–H groups in total. The summed E-state index contributed by atoms with van der Waals surface area (Å²) >= 11 is 0. The highest BCUT2D eigenvalue weighted by atomic mass is 16.4. The molecule has 2 rings (SSSR count). The molecule has 0 aliphatic carbocycles. The van der Waals surface area contributed by atoms with Crippen LogP contribution in [0.4, 0.5) is 0 Å². The summed E-state index contributed by atoms with van der Waals surface area (Å²) in [5.74, 6) is -0.818. The molecule has 0 fully saturated rings. The molecule has 3 nitrogen and oxygen atoms in total. The minimum atomic E-state index is -0.818. The van der Waals surface area contributed by atoms with Crippen molar-refractivity contribution >= 4 is 5.97 Å². The maximum Gasteiger partial charge on any atom is 0.333 e. The molecule has 1 atom stereocenters. The summed E-state index contributed by atoms with van der Waals surface area (Å²) in [4.78, 5) is 13.8. The van der Waals surface area contributed by atoms with Crippen LogP contribution in [0.3, 0.4) is 0 Å². The average Bonchev–Trinajstić information content (AvgIpc) is 2.48. The van der Waals surface area contributed by atoms with Gasteiger partial charge in [0.25, 0.3) is 0 Å². The van der Waals surface area contributed by atoms with Crippen LogP contribution < -0.4 is 0 Å². The third kappa shape index (κ3) is 4.05. The predicted molar refractivity (Wildman–Crippen MR) is 85.0 cm³/mol. The lowest BCUT2D eigenvalue weighted by molar-refractivity contribution is -0.133. The number of hydrogen-bond acceptors (Lipinski definition) is 2. The van der Waals surface area contributed by atoms with Crippen LogP contribution in [0.15, 0.2) is 53.6 Å². The van der Waals surface area contributed by atoms with E-state index in [4.69, 9.17) is 0 Å². The molecule has 1 aliphatic heterocycles. The van der Waals surface area contributed by atoms with Gasteiger partial charge in [-0.25, -0.2) is 4.79 Å². The number of aliphatic carboxylic acids is 1. The van der Waals surface area contributed by atoms with E-state index >= 15 is 0 Å². The van der Waals surface area contributed by atoms with Crippen LogP contribution in [0.5, 0.6) is 0 Å². The fourth-order valence-electron chi connectivity index (χ4n) is 2.71. The maximum atomic E-state index is 11.6. The summed E-state index contributed by atoms with van der Waals surface area (Å²) in [7, 11) is 0. The van der Waals surface area contributed by atoms with Crippen LogP contribution in [0.25, 0.3) is 0 Å². The SMILES string of the molecule is CCC1=C/CCN(Cc2ccccc2)C(C)/C(C(=O)O)=C\1. The summed E-state index contributed by atoms with van der Waals surface area (Å²) in [6, 6.07) is 10.1. The Morgan fingerprint density at radius 1 is 1.33 bits per heavy atom. The molecule has 0 radical (unpaired) electrons. The molecule has 0 saturated heterocycles. The number of nitrogens with zero attached hydrogens (tertiary/aromatic N) is 1. The van der Waals surface area contributed by atoms with Crippen LogP contribution in [0.2, 0.25) is 0 Å². The summed E-state index contributed by atoms with van der Waals surface area (Å²) in [6.45, 7) is 5.71. The van der Waals surface area contributed by atoms with Gasteiger partial charge in [0.2, 0.25) is 0 Å². The Balaban J connectivity index is 2.23. The van der Waals surface area contributed by atoms with Crippen molar-refractivity contribution in [1.29, 1.82) is 0 Å². The highest BCUT2D eigenvalue weighted by Crippen LogP contribution is 2.21. The summed E-state index contributed by atoms with van der Waals surface area (Å²) < 4.78 is 0.